The van der Waals surface area contributed by atoms with E-state index in [0.29, 0.717) is 16.4 Å². The molecule has 0 bridgehead atoms. The second-order valence-electron chi connectivity index (χ2n) is 5.59. The summed E-state index contributed by atoms with van der Waals surface area (Å²) in [5.41, 5.74) is 5.52. The molecule has 0 aliphatic heterocycles. The fourth-order valence-electron chi connectivity index (χ4n) is 2.29. The number of nitrogens with zero attached hydrogens (tertiary/aromatic N) is 2. The Bertz CT molecular complexity index is 916. The zero-order valence-corrected chi connectivity index (χ0v) is 14.7. The van der Waals surface area contributed by atoms with Crippen LogP contribution in [0.15, 0.2) is 47.6 Å². The molecule has 128 valence electrons. The van der Waals surface area contributed by atoms with Gasteiger partial charge in [-0.25, -0.2) is 10.4 Å². The van der Waals surface area contributed by atoms with Crippen LogP contribution in [-0.2, 0) is 4.79 Å². The van der Waals surface area contributed by atoms with Crippen LogP contribution in [0.4, 0.5) is 5.13 Å². The molecule has 0 saturated carbocycles. The van der Waals surface area contributed by atoms with Crippen LogP contribution in [0.2, 0.25) is 0 Å². The van der Waals surface area contributed by atoms with Gasteiger partial charge in [0.05, 0.1) is 22.5 Å². The number of phenolic OH excluding ortho intramolecular Hbond substituents is 1. The third kappa shape index (κ3) is 4.13. The van der Waals surface area contributed by atoms with Gasteiger partial charge in [-0.3, -0.25) is 4.79 Å². The highest BCUT2D eigenvalue weighted by Gasteiger charge is 2.07. The minimum Gasteiger partial charge on any atom is -0.507 e. The summed E-state index contributed by atoms with van der Waals surface area (Å²) in [6.45, 7) is 3.73. The van der Waals surface area contributed by atoms with Crippen molar-refractivity contribution >= 4 is 38.3 Å². The lowest BCUT2D eigenvalue weighted by Gasteiger charge is -2.06. The molecule has 1 amide bonds. The van der Waals surface area contributed by atoms with Crippen LogP contribution in [0, 0.1) is 6.92 Å². The van der Waals surface area contributed by atoms with E-state index in [-0.39, 0.29) is 18.2 Å². The topological polar surface area (TPSA) is 86.6 Å². The fraction of sp³-hybridized carbons (Fsp3) is 0.167. The first-order valence-corrected chi connectivity index (χ1v) is 8.57. The van der Waals surface area contributed by atoms with E-state index in [1.807, 2.05) is 43.3 Å². The number of benzene rings is 2. The Morgan fingerprint density at radius 2 is 2.08 bits per heavy atom. The Morgan fingerprint density at radius 3 is 2.88 bits per heavy atom. The number of amides is 1. The molecule has 1 heterocycles. The van der Waals surface area contributed by atoms with Crippen LogP contribution in [0.5, 0.6) is 5.75 Å². The number of aromatic nitrogens is 1. The van der Waals surface area contributed by atoms with Crippen LogP contribution in [0.3, 0.4) is 0 Å². The Morgan fingerprint density at radius 1 is 1.28 bits per heavy atom. The number of aromatic hydroxyl groups is 1. The predicted octanol–water partition coefficient (Wildman–Crippen LogP) is 3.26. The van der Waals surface area contributed by atoms with Gasteiger partial charge in [-0.1, -0.05) is 35.1 Å². The maximum atomic E-state index is 12.0. The van der Waals surface area contributed by atoms with Gasteiger partial charge in [0, 0.05) is 5.56 Å². The van der Waals surface area contributed by atoms with Crippen LogP contribution < -0.4 is 10.7 Å². The van der Waals surface area contributed by atoms with Gasteiger partial charge in [-0.15, -0.1) is 0 Å². The average molecular weight is 354 g/mol. The zero-order chi connectivity index (χ0) is 17.8. The summed E-state index contributed by atoms with van der Waals surface area (Å²) in [7, 11) is 0. The smallest absolute Gasteiger partial charge is 0.259 e. The van der Waals surface area contributed by atoms with E-state index in [2.05, 4.69) is 20.8 Å². The number of phenols is 1. The number of fused-ring (bicyclic) bond motifs is 1. The summed E-state index contributed by atoms with van der Waals surface area (Å²) in [6, 6.07) is 13.0. The van der Waals surface area contributed by atoms with Crippen molar-refractivity contribution in [1.82, 2.24) is 10.4 Å². The first-order chi connectivity index (χ1) is 12.0. The first-order valence-electron chi connectivity index (χ1n) is 7.75. The average Bonchev–Trinajstić information content (AvgIpc) is 3.03. The van der Waals surface area contributed by atoms with Crippen molar-refractivity contribution < 1.29 is 9.90 Å². The minimum atomic E-state index is -0.286. The molecule has 3 rings (SSSR count). The summed E-state index contributed by atoms with van der Waals surface area (Å²) in [5, 5.41) is 17.6. The molecule has 0 unspecified atom stereocenters. The fourth-order valence-corrected chi connectivity index (χ4v) is 3.15. The van der Waals surface area contributed by atoms with Gasteiger partial charge >= 0.3 is 0 Å². The molecular weight excluding hydrogens is 336 g/mol. The highest BCUT2D eigenvalue weighted by Crippen LogP contribution is 2.25. The van der Waals surface area contributed by atoms with Gasteiger partial charge in [-0.2, -0.15) is 5.10 Å². The van der Waals surface area contributed by atoms with Crippen LogP contribution >= 0.6 is 11.3 Å². The van der Waals surface area contributed by atoms with E-state index in [1.54, 1.807) is 13.0 Å². The van der Waals surface area contributed by atoms with Crippen molar-refractivity contribution in [3.8, 4) is 5.75 Å². The van der Waals surface area contributed by atoms with Gasteiger partial charge in [0.15, 0.2) is 5.13 Å². The normalized spacial score (nSPS) is 11.5. The minimum absolute atomic E-state index is 0.0659. The lowest BCUT2D eigenvalue weighted by atomic mass is 10.1. The molecule has 0 radical (unpaired) electrons. The van der Waals surface area contributed by atoms with Crippen molar-refractivity contribution in [2.45, 2.75) is 13.8 Å². The van der Waals surface area contributed by atoms with Crippen molar-refractivity contribution in [3.05, 3.63) is 53.6 Å². The Hall–Kier alpha value is -2.93. The molecule has 0 fully saturated rings. The number of aryl methyl sites for hydroxylation is 1. The van der Waals surface area contributed by atoms with Gasteiger partial charge in [0.25, 0.3) is 5.91 Å². The molecule has 3 N–H and O–H groups in total. The Kier molecular flexibility index (Phi) is 4.95. The maximum Gasteiger partial charge on any atom is 0.259 e. The van der Waals surface area contributed by atoms with Gasteiger partial charge in [0.2, 0.25) is 0 Å². The molecule has 3 aromatic rings. The van der Waals surface area contributed by atoms with Gasteiger partial charge < -0.3 is 10.4 Å². The molecule has 7 heteroatoms. The number of hydrazone groups is 1. The number of nitrogens with one attached hydrogen (secondary N) is 2. The summed E-state index contributed by atoms with van der Waals surface area (Å²) >= 11 is 1.49. The van der Waals surface area contributed by atoms with Crippen LogP contribution in [-0.4, -0.2) is 28.3 Å². The summed E-state index contributed by atoms with van der Waals surface area (Å²) in [5.74, 6) is -0.153. The number of rotatable bonds is 5. The molecule has 2 aromatic carbocycles. The van der Waals surface area contributed by atoms with Crippen LogP contribution in [0.25, 0.3) is 10.2 Å². The number of carbonyl (C=O) groups excluding carboxylic acids is 1. The third-order valence-corrected chi connectivity index (χ3v) is 4.58. The summed E-state index contributed by atoms with van der Waals surface area (Å²) in [6.07, 6.45) is 0. The predicted molar refractivity (Wildman–Crippen MR) is 101 cm³/mol. The number of carbonyl (C=O) groups is 1. The molecule has 6 nitrogen and oxygen atoms in total. The largest absolute Gasteiger partial charge is 0.507 e. The lowest BCUT2D eigenvalue weighted by molar-refractivity contribution is -0.119. The first kappa shape index (κ1) is 16.9. The second kappa shape index (κ2) is 7.31. The number of anilines is 1. The number of thiazole rings is 1. The van der Waals surface area contributed by atoms with E-state index in [0.717, 1.165) is 15.8 Å². The van der Waals surface area contributed by atoms with E-state index in [4.69, 9.17) is 0 Å². The lowest BCUT2D eigenvalue weighted by Crippen LogP contribution is -2.26. The van der Waals surface area contributed by atoms with Crippen molar-refractivity contribution in [3.63, 3.8) is 0 Å². The number of hydrogen-bond donors (Lipinski definition) is 3. The molecule has 0 aliphatic rings. The molecule has 0 saturated heterocycles. The summed E-state index contributed by atoms with van der Waals surface area (Å²) < 4.78 is 1.06. The van der Waals surface area contributed by atoms with Crippen molar-refractivity contribution in [2.75, 3.05) is 11.9 Å². The quantitative estimate of drug-likeness (QED) is 0.485. The van der Waals surface area contributed by atoms with E-state index in [1.165, 1.54) is 11.3 Å². The molecule has 0 spiro atoms. The highest BCUT2D eigenvalue weighted by atomic mass is 32.1. The Labute approximate surface area is 149 Å². The number of hydrogen-bond acceptors (Lipinski definition) is 6. The molecule has 25 heavy (non-hydrogen) atoms. The molecule has 0 atom stereocenters. The zero-order valence-electron chi connectivity index (χ0n) is 13.9. The van der Waals surface area contributed by atoms with Gasteiger partial charge in [-0.05, 0) is 38.1 Å². The Balaban J connectivity index is 1.59. The number of para-hydroxylation sites is 1. The summed E-state index contributed by atoms with van der Waals surface area (Å²) in [4.78, 5) is 16.4. The van der Waals surface area contributed by atoms with Crippen LogP contribution in [0.1, 0.15) is 18.1 Å². The van der Waals surface area contributed by atoms with E-state index < -0.39 is 0 Å². The molecule has 1 aromatic heterocycles. The molecule has 0 aliphatic carbocycles. The van der Waals surface area contributed by atoms with Crippen molar-refractivity contribution in [2.24, 2.45) is 5.10 Å². The van der Waals surface area contributed by atoms with Gasteiger partial charge in [0.1, 0.15) is 5.75 Å². The second-order valence-corrected chi connectivity index (χ2v) is 6.62. The molecular formula is C18H18N4O2S. The SMILES string of the molecule is C/C(=N\NC(=O)CNc1nc2ccccc2s1)c1cc(C)ccc1O. The third-order valence-electron chi connectivity index (χ3n) is 3.58. The van der Waals surface area contributed by atoms with Crippen molar-refractivity contribution in [1.29, 1.82) is 0 Å². The highest BCUT2D eigenvalue weighted by molar-refractivity contribution is 7.22. The monoisotopic (exact) mass is 354 g/mol. The maximum absolute atomic E-state index is 12.0. The van der Waals surface area contributed by atoms with E-state index in [9.17, 15) is 9.90 Å². The standard InChI is InChI=1S/C18H18N4O2S/c1-11-7-8-15(23)13(9-11)12(2)21-22-17(24)10-19-18-20-14-5-3-4-6-16(14)25-18/h3-9,23H,10H2,1-2H3,(H,19,20)(H,22,24)/b21-12+. The van der Waals surface area contributed by atoms with E-state index >= 15 is 0 Å².